The number of aromatic nitrogens is 1. The van der Waals surface area contributed by atoms with Crippen molar-refractivity contribution in [3.05, 3.63) is 42.0 Å². The monoisotopic (exact) mass is 405 g/mol. The number of aryl methyl sites for hydroxylation is 1. The Morgan fingerprint density at radius 2 is 1.86 bits per heavy atom. The number of para-hydroxylation sites is 1. The van der Waals surface area contributed by atoms with Gasteiger partial charge in [-0.2, -0.15) is 13.0 Å². The molecule has 0 aliphatic rings. The van der Waals surface area contributed by atoms with Crippen molar-refractivity contribution in [2.45, 2.75) is 13.0 Å². The van der Waals surface area contributed by atoms with Gasteiger partial charge in [-0.05, 0) is 12.1 Å². The Labute approximate surface area is 161 Å². The van der Waals surface area contributed by atoms with Crippen LogP contribution in [0, 0.1) is 0 Å². The number of carbonyl (C=O) groups excluding carboxylic acids is 1. The van der Waals surface area contributed by atoms with Crippen LogP contribution < -0.4 is 19.1 Å². The molecular formula is C19H19NO7S. The molecule has 0 atom stereocenters. The van der Waals surface area contributed by atoms with Gasteiger partial charge in [-0.25, -0.2) is 0 Å². The van der Waals surface area contributed by atoms with E-state index in [4.69, 9.17) is 14.0 Å². The molecule has 1 heterocycles. The molecule has 0 spiro atoms. The fourth-order valence-electron chi connectivity index (χ4n) is 3.37. The zero-order valence-corrected chi connectivity index (χ0v) is 16.2. The largest absolute Gasteiger partial charge is 0.545 e. The molecule has 2 aromatic carbocycles. The Hall–Kier alpha value is -2.91. The maximum absolute atomic E-state index is 12.0. The number of methoxy groups -OCH3 is 2. The Morgan fingerprint density at radius 1 is 1.14 bits per heavy atom. The summed E-state index contributed by atoms with van der Waals surface area (Å²) in [5.41, 5.74) is 1.04. The maximum Gasteiger partial charge on any atom is 0.265 e. The first-order chi connectivity index (χ1) is 13.3. The standard InChI is InChI=1S/C19H19NO7S/c1-26-12-10-14-17(19(21)22)13-6-3-4-7-15(13)20(8-5-9-28(23,24)25)18(14)16(11-12)27-2/h3-4,6-7,10-11H,5,8-9H2,1-2H3,(H-,21,22,23,24,25). The summed E-state index contributed by atoms with van der Waals surface area (Å²) in [5.74, 6) is -0.987. The smallest absolute Gasteiger partial charge is 0.265 e. The molecule has 3 rings (SSSR count). The highest BCUT2D eigenvalue weighted by molar-refractivity contribution is 7.85. The van der Waals surface area contributed by atoms with Crippen LogP contribution in [-0.4, -0.2) is 38.9 Å². The lowest BCUT2D eigenvalue weighted by Gasteiger charge is -2.15. The molecule has 28 heavy (non-hydrogen) atoms. The average molecular weight is 405 g/mol. The van der Waals surface area contributed by atoms with E-state index in [0.29, 0.717) is 33.3 Å². The zero-order valence-electron chi connectivity index (χ0n) is 15.3. The van der Waals surface area contributed by atoms with Crippen molar-refractivity contribution in [1.82, 2.24) is 0 Å². The Morgan fingerprint density at radius 3 is 2.46 bits per heavy atom. The van der Waals surface area contributed by atoms with E-state index >= 15 is 0 Å². The van der Waals surface area contributed by atoms with Gasteiger partial charge in [-0.3, -0.25) is 4.55 Å². The van der Waals surface area contributed by atoms with Crippen molar-refractivity contribution in [2.24, 2.45) is 0 Å². The number of benzene rings is 2. The number of hydrogen-bond donors (Lipinski definition) is 1. The summed E-state index contributed by atoms with van der Waals surface area (Å²) in [4.78, 5) is 12.0. The van der Waals surface area contributed by atoms with Crippen LogP contribution in [0.5, 0.6) is 11.5 Å². The minimum atomic E-state index is -4.12. The van der Waals surface area contributed by atoms with Crippen molar-refractivity contribution in [3.63, 3.8) is 0 Å². The highest BCUT2D eigenvalue weighted by atomic mass is 32.2. The highest BCUT2D eigenvalue weighted by Gasteiger charge is 2.25. The minimum Gasteiger partial charge on any atom is -0.545 e. The summed E-state index contributed by atoms with van der Waals surface area (Å²) in [6.45, 7) is 0.215. The third kappa shape index (κ3) is 3.71. The number of carboxylic acids is 1. The van der Waals surface area contributed by atoms with Gasteiger partial charge in [0.05, 0.1) is 36.7 Å². The van der Waals surface area contributed by atoms with Gasteiger partial charge in [0.2, 0.25) is 5.52 Å². The number of fused-ring (bicyclic) bond motifs is 2. The maximum atomic E-state index is 12.0. The molecule has 148 valence electrons. The summed E-state index contributed by atoms with van der Waals surface area (Å²) in [6, 6.07) is 10.1. The van der Waals surface area contributed by atoms with Crippen molar-refractivity contribution >= 4 is 37.9 Å². The minimum absolute atomic E-state index is 0.00571. The van der Waals surface area contributed by atoms with Crippen molar-refractivity contribution in [1.29, 1.82) is 0 Å². The third-order valence-electron chi connectivity index (χ3n) is 4.50. The van der Waals surface area contributed by atoms with Gasteiger partial charge in [0, 0.05) is 24.1 Å². The van der Waals surface area contributed by atoms with Crippen LogP contribution in [0.1, 0.15) is 16.8 Å². The number of aromatic carboxylic acids is 1. The predicted molar refractivity (Wildman–Crippen MR) is 100 cm³/mol. The lowest BCUT2D eigenvalue weighted by Crippen LogP contribution is -2.38. The first-order valence-electron chi connectivity index (χ1n) is 8.43. The van der Waals surface area contributed by atoms with Crippen LogP contribution in [0.4, 0.5) is 0 Å². The molecule has 0 radical (unpaired) electrons. The van der Waals surface area contributed by atoms with E-state index in [9.17, 15) is 18.3 Å². The first-order valence-corrected chi connectivity index (χ1v) is 10.0. The molecule has 0 saturated heterocycles. The highest BCUT2D eigenvalue weighted by Crippen LogP contribution is 2.34. The molecule has 8 nitrogen and oxygen atoms in total. The van der Waals surface area contributed by atoms with E-state index in [2.05, 4.69) is 0 Å². The van der Waals surface area contributed by atoms with E-state index in [1.165, 1.54) is 14.2 Å². The van der Waals surface area contributed by atoms with E-state index in [-0.39, 0.29) is 18.5 Å². The molecule has 0 aliphatic heterocycles. The number of rotatable bonds is 7. The summed E-state index contributed by atoms with van der Waals surface area (Å²) >= 11 is 0. The van der Waals surface area contributed by atoms with E-state index < -0.39 is 21.8 Å². The SMILES string of the molecule is COc1cc(OC)c2c(c1)c(C(=O)[O-])c1ccccc1[n+]2CCCS(=O)(=O)O. The Kier molecular flexibility index (Phi) is 5.39. The van der Waals surface area contributed by atoms with Gasteiger partial charge in [0.15, 0.2) is 12.3 Å². The van der Waals surface area contributed by atoms with Crippen LogP contribution in [0.2, 0.25) is 0 Å². The summed E-state index contributed by atoms with van der Waals surface area (Å²) < 4.78 is 43.8. The predicted octanol–water partition coefficient (Wildman–Crippen LogP) is 0.939. The number of ether oxygens (including phenoxy) is 2. The number of nitrogens with zero attached hydrogens (tertiary/aromatic N) is 1. The second-order valence-electron chi connectivity index (χ2n) is 6.20. The quantitative estimate of drug-likeness (QED) is 0.353. The lowest BCUT2D eigenvalue weighted by molar-refractivity contribution is -0.645. The number of pyridine rings is 1. The molecule has 0 unspecified atom stereocenters. The third-order valence-corrected chi connectivity index (χ3v) is 5.30. The molecule has 0 aliphatic carbocycles. The molecule has 3 aromatic rings. The van der Waals surface area contributed by atoms with Crippen molar-refractivity contribution < 1.29 is 36.9 Å². The molecule has 0 bridgehead atoms. The Bertz CT molecular complexity index is 1170. The van der Waals surface area contributed by atoms with Gasteiger partial charge in [-0.1, -0.05) is 12.1 Å². The zero-order chi connectivity index (χ0) is 20.5. The molecule has 0 saturated carbocycles. The fraction of sp³-hybridized carbons (Fsp3) is 0.263. The van der Waals surface area contributed by atoms with Crippen LogP contribution in [0.25, 0.3) is 21.8 Å². The molecular weight excluding hydrogens is 386 g/mol. The van der Waals surface area contributed by atoms with Gasteiger partial charge < -0.3 is 19.4 Å². The normalized spacial score (nSPS) is 11.7. The molecule has 9 heteroatoms. The topological polar surface area (TPSA) is 117 Å². The van der Waals surface area contributed by atoms with Crippen LogP contribution in [0.3, 0.4) is 0 Å². The van der Waals surface area contributed by atoms with Gasteiger partial charge >= 0.3 is 0 Å². The summed E-state index contributed by atoms with van der Waals surface area (Å²) in [7, 11) is -1.21. The first kappa shape index (κ1) is 19.8. The number of carboxylic acid groups (broad SMARTS) is 1. The molecule has 0 fully saturated rings. The second-order valence-corrected chi connectivity index (χ2v) is 7.77. The van der Waals surface area contributed by atoms with Gasteiger partial charge in [0.1, 0.15) is 5.75 Å². The van der Waals surface area contributed by atoms with Crippen molar-refractivity contribution in [3.8, 4) is 11.5 Å². The number of hydrogen-bond acceptors (Lipinski definition) is 6. The van der Waals surface area contributed by atoms with Gasteiger partial charge in [-0.15, -0.1) is 0 Å². The van der Waals surface area contributed by atoms with E-state index in [1.807, 2.05) is 0 Å². The lowest BCUT2D eigenvalue weighted by atomic mass is 10.0. The Balaban J connectivity index is 2.41. The van der Waals surface area contributed by atoms with Crippen molar-refractivity contribution in [2.75, 3.05) is 20.0 Å². The van der Waals surface area contributed by atoms with Crippen LogP contribution in [0.15, 0.2) is 36.4 Å². The summed E-state index contributed by atoms with van der Waals surface area (Å²) in [5, 5.41) is 12.8. The molecule has 1 aromatic heterocycles. The van der Waals surface area contributed by atoms with E-state index in [1.54, 1.807) is 41.0 Å². The number of carbonyl (C=O) groups is 1. The van der Waals surface area contributed by atoms with Gasteiger partial charge in [0.25, 0.3) is 15.6 Å². The van der Waals surface area contributed by atoms with Crippen LogP contribution in [-0.2, 0) is 16.7 Å². The average Bonchev–Trinajstić information content (AvgIpc) is 2.65. The van der Waals surface area contributed by atoms with Crippen LogP contribution >= 0.6 is 0 Å². The fourth-order valence-corrected chi connectivity index (χ4v) is 3.86. The van der Waals surface area contributed by atoms with E-state index in [0.717, 1.165) is 0 Å². The molecule has 1 N–H and O–H groups in total. The second kappa shape index (κ2) is 7.61. The molecule has 0 amide bonds. The summed E-state index contributed by atoms with van der Waals surface area (Å²) in [6.07, 6.45) is 0.127.